The van der Waals surface area contributed by atoms with Gasteiger partial charge in [0.05, 0.1) is 39.6 Å². The van der Waals surface area contributed by atoms with E-state index in [0.29, 0.717) is 39.0 Å². The standard InChI is InChI=1S/C20H18Cl2N6O/c1-11-8-15(27(3)25-11)10-28-19-17(12(2)26-28)18(22)16(9-23-19)20(29)24-14-6-4-13(21)5-7-14/h4-9H,10H2,1-3H3,(H,24,29). The third-order valence-electron chi connectivity index (χ3n) is 4.63. The first-order chi connectivity index (χ1) is 13.8. The minimum Gasteiger partial charge on any atom is -0.322 e. The van der Waals surface area contributed by atoms with Gasteiger partial charge in [-0.2, -0.15) is 10.2 Å². The third-order valence-corrected chi connectivity index (χ3v) is 5.27. The molecule has 1 aromatic carbocycles. The minimum atomic E-state index is -0.346. The van der Waals surface area contributed by atoms with Gasteiger partial charge in [0.15, 0.2) is 5.65 Å². The van der Waals surface area contributed by atoms with Gasteiger partial charge in [0, 0.05) is 24.0 Å². The van der Waals surface area contributed by atoms with Crippen LogP contribution >= 0.6 is 23.2 Å². The monoisotopic (exact) mass is 428 g/mol. The lowest BCUT2D eigenvalue weighted by atomic mass is 10.2. The van der Waals surface area contributed by atoms with E-state index in [9.17, 15) is 4.79 Å². The maximum absolute atomic E-state index is 12.7. The van der Waals surface area contributed by atoms with Crippen molar-refractivity contribution in [2.45, 2.75) is 20.4 Å². The molecule has 7 nitrogen and oxygen atoms in total. The van der Waals surface area contributed by atoms with Crippen LogP contribution in [0.3, 0.4) is 0 Å². The lowest BCUT2D eigenvalue weighted by molar-refractivity contribution is 0.102. The first kappa shape index (κ1) is 19.4. The van der Waals surface area contributed by atoms with Gasteiger partial charge in [0.25, 0.3) is 5.91 Å². The fourth-order valence-corrected chi connectivity index (χ4v) is 3.72. The molecule has 3 heterocycles. The molecule has 1 amide bonds. The number of aryl methyl sites for hydroxylation is 3. The Bertz CT molecular complexity index is 1230. The number of carbonyl (C=O) groups is 1. The number of pyridine rings is 1. The first-order valence-electron chi connectivity index (χ1n) is 8.91. The zero-order valence-electron chi connectivity index (χ0n) is 16.1. The summed E-state index contributed by atoms with van der Waals surface area (Å²) in [7, 11) is 1.89. The van der Waals surface area contributed by atoms with Crippen LogP contribution in [0.1, 0.15) is 27.4 Å². The number of hydrogen-bond acceptors (Lipinski definition) is 4. The van der Waals surface area contributed by atoms with Gasteiger partial charge in [-0.1, -0.05) is 23.2 Å². The van der Waals surface area contributed by atoms with Gasteiger partial charge >= 0.3 is 0 Å². The molecular formula is C20H18Cl2N6O. The van der Waals surface area contributed by atoms with E-state index in [0.717, 1.165) is 11.4 Å². The normalized spacial score (nSPS) is 11.2. The second kappa shape index (κ2) is 7.50. The van der Waals surface area contributed by atoms with E-state index in [-0.39, 0.29) is 11.5 Å². The van der Waals surface area contributed by atoms with Gasteiger partial charge in [-0.3, -0.25) is 9.48 Å². The first-order valence-corrected chi connectivity index (χ1v) is 9.67. The van der Waals surface area contributed by atoms with Crippen molar-refractivity contribution in [3.63, 3.8) is 0 Å². The quantitative estimate of drug-likeness (QED) is 0.522. The van der Waals surface area contributed by atoms with Crippen LogP contribution in [0, 0.1) is 13.8 Å². The van der Waals surface area contributed by atoms with Crippen LogP contribution in [0.5, 0.6) is 0 Å². The van der Waals surface area contributed by atoms with Gasteiger partial charge in [-0.15, -0.1) is 0 Å². The smallest absolute Gasteiger partial charge is 0.258 e. The molecule has 3 aromatic heterocycles. The second-order valence-electron chi connectivity index (χ2n) is 6.79. The number of amides is 1. The zero-order chi connectivity index (χ0) is 20.7. The third kappa shape index (κ3) is 3.71. The van der Waals surface area contributed by atoms with Crippen LogP contribution in [0.25, 0.3) is 11.0 Å². The topological polar surface area (TPSA) is 77.6 Å². The van der Waals surface area contributed by atoms with E-state index in [4.69, 9.17) is 23.2 Å². The summed E-state index contributed by atoms with van der Waals surface area (Å²) in [5.41, 5.74) is 4.16. The number of nitrogens with zero attached hydrogens (tertiary/aromatic N) is 5. The Morgan fingerprint density at radius 2 is 1.86 bits per heavy atom. The predicted molar refractivity (Wildman–Crippen MR) is 114 cm³/mol. The molecule has 0 unspecified atom stereocenters. The molecule has 0 radical (unpaired) electrons. The highest BCUT2D eigenvalue weighted by Crippen LogP contribution is 2.29. The second-order valence-corrected chi connectivity index (χ2v) is 7.60. The Balaban J connectivity index is 1.68. The van der Waals surface area contributed by atoms with Gasteiger partial charge in [0.1, 0.15) is 0 Å². The number of carbonyl (C=O) groups excluding carboxylic acids is 1. The van der Waals surface area contributed by atoms with E-state index in [1.54, 1.807) is 28.9 Å². The molecule has 0 bridgehead atoms. The van der Waals surface area contributed by atoms with Gasteiger partial charge in [-0.25, -0.2) is 9.67 Å². The molecule has 0 aliphatic heterocycles. The van der Waals surface area contributed by atoms with Crippen molar-refractivity contribution < 1.29 is 4.79 Å². The summed E-state index contributed by atoms with van der Waals surface area (Å²) in [6.07, 6.45) is 1.47. The molecule has 0 aliphatic carbocycles. The lowest BCUT2D eigenvalue weighted by Gasteiger charge is -2.08. The molecule has 29 heavy (non-hydrogen) atoms. The van der Waals surface area contributed by atoms with Crippen LogP contribution in [0.2, 0.25) is 10.0 Å². The molecule has 0 saturated carbocycles. The zero-order valence-corrected chi connectivity index (χ0v) is 17.6. The molecule has 0 aliphatic rings. The summed E-state index contributed by atoms with van der Waals surface area (Å²) in [4.78, 5) is 17.2. The van der Waals surface area contributed by atoms with Crippen molar-refractivity contribution in [2.75, 3.05) is 5.32 Å². The van der Waals surface area contributed by atoms with Crippen molar-refractivity contribution in [3.8, 4) is 0 Å². The summed E-state index contributed by atoms with van der Waals surface area (Å²) < 4.78 is 3.58. The number of halogens is 2. The summed E-state index contributed by atoms with van der Waals surface area (Å²) >= 11 is 12.5. The summed E-state index contributed by atoms with van der Waals surface area (Å²) in [6, 6.07) is 8.85. The predicted octanol–water partition coefficient (Wildman–Crippen LogP) is 4.39. The Kier molecular flexibility index (Phi) is 5.02. The Labute approximate surface area is 177 Å². The van der Waals surface area contributed by atoms with Crippen LogP contribution in [-0.4, -0.2) is 30.5 Å². The largest absolute Gasteiger partial charge is 0.322 e. The Morgan fingerprint density at radius 1 is 1.14 bits per heavy atom. The van der Waals surface area contributed by atoms with Crippen LogP contribution in [-0.2, 0) is 13.6 Å². The van der Waals surface area contributed by atoms with E-state index in [2.05, 4.69) is 20.5 Å². The van der Waals surface area contributed by atoms with Crippen LogP contribution in [0.4, 0.5) is 5.69 Å². The number of hydrogen-bond donors (Lipinski definition) is 1. The van der Waals surface area contributed by atoms with E-state index >= 15 is 0 Å². The Morgan fingerprint density at radius 3 is 2.52 bits per heavy atom. The highest BCUT2D eigenvalue weighted by atomic mass is 35.5. The van der Waals surface area contributed by atoms with Gasteiger partial charge in [0.2, 0.25) is 0 Å². The number of anilines is 1. The van der Waals surface area contributed by atoms with E-state index in [1.165, 1.54) is 6.20 Å². The minimum absolute atomic E-state index is 0.285. The van der Waals surface area contributed by atoms with E-state index in [1.807, 2.05) is 31.6 Å². The Hall–Kier alpha value is -2.90. The van der Waals surface area contributed by atoms with E-state index < -0.39 is 0 Å². The molecule has 1 N–H and O–H groups in total. The number of nitrogens with one attached hydrogen (secondary N) is 1. The SMILES string of the molecule is Cc1cc(Cn2nc(C)c3c(Cl)c(C(=O)Nc4ccc(Cl)cc4)cnc32)n(C)n1. The highest BCUT2D eigenvalue weighted by molar-refractivity contribution is 6.39. The summed E-state index contributed by atoms with van der Waals surface area (Å²) in [5, 5.41) is 13.3. The molecular weight excluding hydrogens is 411 g/mol. The van der Waals surface area contributed by atoms with Crippen LogP contribution in [0.15, 0.2) is 36.5 Å². The van der Waals surface area contributed by atoms with Gasteiger partial charge in [-0.05, 0) is 44.2 Å². The molecule has 0 spiro atoms. The van der Waals surface area contributed by atoms with Crippen molar-refractivity contribution in [2.24, 2.45) is 7.05 Å². The van der Waals surface area contributed by atoms with Gasteiger partial charge < -0.3 is 5.32 Å². The van der Waals surface area contributed by atoms with Crippen molar-refractivity contribution in [3.05, 3.63) is 69.2 Å². The van der Waals surface area contributed by atoms with Crippen molar-refractivity contribution >= 4 is 45.8 Å². The maximum Gasteiger partial charge on any atom is 0.258 e. The fraction of sp³-hybridized carbons (Fsp3) is 0.200. The maximum atomic E-state index is 12.7. The average Bonchev–Trinajstić information content (AvgIpc) is 3.16. The fourth-order valence-electron chi connectivity index (χ4n) is 3.24. The van der Waals surface area contributed by atoms with Crippen molar-refractivity contribution in [1.29, 1.82) is 0 Å². The number of rotatable bonds is 4. The summed E-state index contributed by atoms with van der Waals surface area (Å²) in [5.74, 6) is -0.346. The number of aromatic nitrogens is 5. The van der Waals surface area contributed by atoms with Crippen LogP contribution < -0.4 is 5.32 Å². The molecule has 0 saturated heterocycles. The highest BCUT2D eigenvalue weighted by Gasteiger charge is 2.20. The molecule has 0 atom stereocenters. The summed E-state index contributed by atoms with van der Waals surface area (Å²) in [6.45, 7) is 4.29. The number of benzene rings is 1. The number of fused-ring (bicyclic) bond motifs is 1. The molecule has 9 heteroatoms. The molecule has 4 aromatic rings. The average molecular weight is 429 g/mol. The molecule has 148 valence electrons. The molecule has 4 rings (SSSR count). The van der Waals surface area contributed by atoms with Crippen molar-refractivity contribution in [1.82, 2.24) is 24.5 Å². The molecule has 0 fully saturated rings. The lowest BCUT2D eigenvalue weighted by Crippen LogP contribution is -2.13.